The van der Waals surface area contributed by atoms with Gasteiger partial charge in [-0.1, -0.05) is 39.8 Å². The molecule has 4 atom stereocenters. The summed E-state index contributed by atoms with van der Waals surface area (Å²) in [6, 6.07) is 7.71. The van der Waals surface area contributed by atoms with Crippen LogP contribution in [0.4, 0.5) is 0 Å². The van der Waals surface area contributed by atoms with Crippen LogP contribution < -0.4 is 10.1 Å². The van der Waals surface area contributed by atoms with Gasteiger partial charge in [0, 0.05) is 18.5 Å². The lowest BCUT2D eigenvalue weighted by Crippen LogP contribution is -2.62. The van der Waals surface area contributed by atoms with Crippen LogP contribution in [0.5, 0.6) is 5.75 Å². The molecule has 0 unspecified atom stereocenters. The van der Waals surface area contributed by atoms with Crippen molar-refractivity contribution in [3.8, 4) is 5.75 Å². The Balaban J connectivity index is 1.73. The molecule has 2 aliphatic rings. The van der Waals surface area contributed by atoms with E-state index in [9.17, 15) is 9.59 Å². The molecular weight excluding hydrogens is 352 g/mol. The Morgan fingerprint density at radius 3 is 2.36 bits per heavy atom. The highest BCUT2D eigenvalue weighted by Gasteiger charge is 2.49. The fourth-order valence-corrected chi connectivity index (χ4v) is 4.38. The number of ether oxygens (including phenoxy) is 1. The second-order valence-corrected chi connectivity index (χ2v) is 9.19. The second kappa shape index (κ2) is 8.54. The zero-order chi connectivity index (χ0) is 20.4. The Kier molecular flexibility index (Phi) is 6.31. The van der Waals surface area contributed by atoms with Crippen molar-refractivity contribution in [1.29, 1.82) is 0 Å². The van der Waals surface area contributed by atoms with Crippen LogP contribution in [0, 0.1) is 17.8 Å². The predicted molar refractivity (Wildman–Crippen MR) is 110 cm³/mol. The molecule has 0 spiro atoms. The van der Waals surface area contributed by atoms with Gasteiger partial charge in [0.15, 0.2) is 0 Å². The van der Waals surface area contributed by atoms with E-state index in [0.29, 0.717) is 24.8 Å². The number of methoxy groups -OCH3 is 1. The van der Waals surface area contributed by atoms with E-state index in [1.807, 2.05) is 29.2 Å². The van der Waals surface area contributed by atoms with Crippen molar-refractivity contribution >= 4 is 11.8 Å². The summed E-state index contributed by atoms with van der Waals surface area (Å²) in [5.74, 6) is 2.09. The van der Waals surface area contributed by atoms with Gasteiger partial charge in [-0.25, -0.2) is 0 Å². The smallest absolute Gasteiger partial charge is 0.243 e. The zero-order valence-electron chi connectivity index (χ0n) is 17.8. The first-order valence-electron chi connectivity index (χ1n) is 10.5. The first-order chi connectivity index (χ1) is 13.3. The van der Waals surface area contributed by atoms with Gasteiger partial charge >= 0.3 is 0 Å². The van der Waals surface area contributed by atoms with Gasteiger partial charge in [0.05, 0.1) is 7.11 Å². The summed E-state index contributed by atoms with van der Waals surface area (Å²) in [5.41, 5.74) is 1.18. The topological polar surface area (TPSA) is 58.6 Å². The van der Waals surface area contributed by atoms with Gasteiger partial charge in [0.25, 0.3) is 0 Å². The van der Waals surface area contributed by atoms with Crippen molar-refractivity contribution in [2.45, 2.75) is 65.0 Å². The van der Waals surface area contributed by atoms with Crippen LogP contribution in [0.3, 0.4) is 0 Å². The number of benzene rings is 1. The number of hydrogen-bond donors (Lipinski definition) is 1. The van der Waals surface area contributed by atoms with E-state index in [4.69, 9.17) is 4.74 Å². The molecule has 28 heavy (non-hydrogen) atoms. The van der Waals surface area contributed by atoms with E-state index in [1.165, 1.54) is 5.56 Å². The highest BCUT2D eigenvalue weighted by atomic mass is 16.5. The normalized spacial score (nSPS) is 27.1. The van der Waals surface area contributed by atoms with E-state index in [2.05, 4.69) is 33.0 Å². The molecule has 1 saturated carbocycles. The third-order valence-electron chi connectivity index (χ3n) is 5.83. The molecule has 0 aromatic heterocycles. The van der Waals surface area contributed by atoms with Crippen LogP contribution in [0.2, 0.25) is 0 Å². The largest absolute Gasteiger partial charge is 0.497 e. The number of rotatable bonds is 7. The van der Waals surface area contributed by atoms with Crippen LogP contribution >= 0.6 is 0 Å². The summed E-state index contributed by atoms with van der Waals surface area (Å²) in [7, 11) is 1.66. The van der Waals surface area contributed by atoms with Crippen molar-refractivity contribution < 1.29 is 14.3 Å². The standard InChI is InChI=1S/C23H34N2O3/c1-14(2)10-17-13-25(21(11-15(3)4)22(26)24-17)23(27)20-12-19(20)16-6-8-18(28-5)9-7-16/h6-9,14-15,17,19-21H,10-13H2,1-5H3,(H,24,26)/t17-,19-,20+,21-/m0/s1. The lowest BCUT2D eigenvalue weighted by Gasteiger charge is -2.41. The molecule has 1 aromatic rings. The van der Waals surface area contributed by atoms with Crippen molar-refractivity contribution in [3.05, 3.63) is 29.8 Å². The molecule has 1 heterocycles. The molecule has 154 valence electrons. The van der Waals surface area contributed by atoms with Gasteiger partial charge in [-0.2, -0.15) is 0 Å². The van der Waals surface area contributed by atoms with Gasteiger partial charge in [0.1, 0.15) is 11.8 Å². The first kappa shape index (κ1) is 20.7. The van der Waals surface area contributed by atoms with Gasteiger partial charge in [0.2, 0.25) is 11.8 Å². The van der Waals surface area contributed by atoms with Crippen molar-refractivity contribution in [2.75, 3.05) is 13.7 Å². The number of carbonyl (C=O) groups excluding carboxylic acids is 2. The lowest BCUT2D eigenvalue weighted by molar-refractivity contribution is -0.146. The molecule has 2 amide bonds. The third-order valence-corrected chi connectivity index (χ3v) is 5.83. The number of amides is 2. The summed E-state index contributed by atoms with van der Waals surface area (Å²) in [6.45, 7) is 9.14. The van der Waals surface area contributed by atoms with Crippen LogP contribution in [0.15, 0.2) is 24.3 Å². The number of carbonyl (C=O) groups is 2. The van der Waals surface area contributed by atoms with Crippen LogP contribution in [-0.4, -0.2) is 42.5 Å². The quantitative estimate of drug-likeness (QED) is 0.779. The highest BCUT2D eigenvalue weighted by Crippen LogP contribution is 2.49. The first-order valence-corrected chi connectivity index (χ1v) is 10.5. The maximum absolute atomic E-state index is 13.4. The lowest BCUT2D eigenvalue weighted by atomic mass is 9.94. The maximum Gasteiger partial charge on any atom is 0.243 e. The molecule has 2 fully saturated rings. The Bertz CT molecular complexity index is 698. The van der Waals surface area contributed by atoms with Crippen molar-refractivity contribution in [2.24, 2.45) is 17.8 Å². The molecule has 0 radical (unpaired) electrons. The minimum absolute atomic E-state index is 0.00587. The van der Waals surface area contributed by atoms with Gasteiger partial charge < -0.3 is 15.0 Å². The second-order valence-electron chi connectivity index (χ2n) is 9.19. The molecule has 0 bridgehead atoms. The van der Waals surface area contributed by atoms with Crippen LogP contribution in [-0.2, 0) is 9.59 Å². The summed E-state index contributed by atoms with van der Waals surface area (Å²) >= 11 is 0. The Hall–Kier alpha value is -2.04. The van der Waals surface area contributed by atoms with Crippen molar-refractivity contribution in [3.63, 3.8) is 0 Å². The molecule has 1 aromatic carbocycles. The SMILES string of the molecule is COc1ccc([C@@H]2C[C@H]2C(=O)N2C[C@H](CC(C)C)NC(=O)[C@@H]2CC(C)C)cc1. The third kappa shape index (κ3) is 4.68. The summed E-state index contributed by atoms with van der Waals surface area (Å²) < 4.78 is 5.23. The summed E-state index contributed by atoms with van der Waals surface area (Å²) in [6.07, 6.45) is 2.48. The highest BCUT2D eigenvalue weighted by molar-refractivity contribution is 5.91. The van der Waals surface area contributed by atoms with E-state index in [1.54, 1.807) is 7.11 Å². The average Bonchev–Trinajstić information content (AvgIpc) is 3.43. The van der Waals surface area contributed by atoms with Gasteiger partial charge in [-0.3, -0.25) is 9.59 Å². The molecule has 1 aliphatic heterocycles. The number of nitrogens with one attached hydrogen (secondary N) is 1. The Morgan fingerprint density at radius 2 is 1.79 bits per heavy atom. The van der Waals surface area contributed by atoms with Gasteiger partial charge in [-0.15, -0.1) is 0 Å². The van der Waals surface area contributed by atoms with E-state index < -0.39 is 0 Å². The monoisotopic (exact) mass is 386 g/mol. The summed E-state index contributed by atoms with van der Waals surface area (Å²) in [4.78, 5) is 28.0. The number of hydrogen-bond acceptors (Lipinski definition) is 3. The maximum atomic E-state index is 13.4. The van der Waals surface area contributed by atoms with Crippen LogP contribution in [0.25, 0.3) is 0 Å². The van der Waals surface area contributed by atoms with E-state index in [-0.39, 0.29) is 35.7 Å². The number of piperazine rings is 1. The molecule has 5 heteroatoms. The predicted octanol–water partition coefficient (Wildman–Crippen LogP) is 3.59. The molecular formula is C23H34N2O3. The Morgan fingerprint density at radius 1 is 1.14 bits per heavy atom. The minimum atomic E-state index is -0.340. The molecule has 5 nitrogen and oxygen atoms in total. The zero-order valence-corrected chi connectivity index (χ0v) is 17.8. The number of nitrogens with zero attached hydrogens (tertiary/aromatic N) is 1. The minimum Gasteiger partial charge on any atom is -0.497 e. The van der Waals surface area contributed by atoms with E-state index >= 15 is 0 Å². The van der Waals surface area contributed by atoms with Crippen molar-refractivity contribution in [1.82, 2.24) is 10.2 Å². The average molecular weight is 387 g/mol. The van der Waals surface area contributed by atoms with Gasteiger partial charge in [-0.05, 0) is 54.7 Å². The molecule has 3 rings (SSSR count). The van der Waals surface area contributed by atoms with Crippen LogP contribution in [0.1, 0.15) is 58.4 Å². The Labute approximate surface area is 168 Å². The van der Waals surface area contributed by atoms with E-state index in [0.717, 1.165) is 18.6 Å². The fourth-order valence-electron chi connectivity index (χ4n) is 4.38. The molecule has 1 aliphatic carbocycles. The fraction of sp³-hybridized carbons (Fsp3) is 0.652. The summed E-state index contributed by atoms with van der Waals surface area (Å²) in [5, 5.41) is 3.16. The molecule has 1 N–H and O–H groups in total. The molecule has 1 saturated heterocycles.